The molecule has 2 rings (SSSR count). The van der Waals surface area contributed by atoms with E-state index in [-0.39, 0.29) is 17.7 Å². The summed E-state index contributed by atoms with van der Waals surface area (Å²) in [4.78, 5) is 34.9. The van der Waals surface area contributed by atoms with Crippen LogP contribution in [0.15, 0.2) is 40.9 Å². The van der Waals surface area contributed by atoms with Crippen molar-refractivity contribution in [3.63, 3.8) is 0 Å². The van der Waals surface area contributed by atoms with Crippen LogP contribution in [0.1, 0.15) is 22.8 Å². The van der Waals surface area contributed by atoms with Gasteiger partial charge in [0, 0.05) is 22.6 Å². The largest absolute Gasteiger partial charge is 0.469 e. The molecule has 0 heterocycles. The molecule has 0 aliphatic carbocycles. The Morgan fingerprint density at radius 1 is 1.26 bits per heavy atom. The maximum absolute atomic E-state index is 12.6. The molecule has 9 heteroatoms. The van der Waals surface area contributed by atoms with Crippen molar-refractivity contribution in [1.82, 2.24) is 0 Å². The molecule has 2 aromatic rings. The summed E-state index contributed by atoms with van der Waals surface area (Å²) in [7, 11) is 1.28. The number of carbonyl (C=O) groups excluding carboxylic acids is 2. The molecule has 0 spiro atoms. The molecule has 0 fully saturated rings. The van der Waals surface area contributed by atoms with Crippen LogP contribution in [0, 0.1) is 10.1 Å². The first-order valence-electron chi connectivity index (χ1n) is 8.05. The number of amides is 1. The van der Waals surface area contributed by atoms with Crippen LogP contribution >= 0.6 is 15.9 Å². The van der Waals surface area contributed by atoms with E-state index < -0.39 is 16.8 Å². The maximum atomic E-state index is 12.6. The van der Waals surface area contributed by atoms with Crippen LogP contribution in [0.3, 0.4) is 0 Å². The highest BCUT2D eigenvalue weighted by molar-refractivity contribution is 9.10. The lowest BCUT2D eigenvalue weighted by atomic mass is 10.1. The van der Waals surface area contributed by atoms with Gasteiger partial charge < -0.3 is 15.4 Å². The molecule has 2 N–H and O–H groups in total. The smallest absolute Gasteiger partial charge is 0.310 e. The molecule has 0 unspecified atom stereocenters. The lowest BCUT2D eigenvalue weighted by molar-refractivity contribution is -0.384. The molecule has 27 heavy (non-hydrogen) atoms. The van der Waals surface area contributed by atoms with Crippen molar-refractivity contribution < 1.29 is 19.2 Å². The van der Waals surface area contributed by atoms with E-state index in [0.29, 0.717) is 28.0 Å². The van der Waals surface area contributed by atoms with Crippen molar-refractivity contribution in [3.05, 3.63) is 62.1 Å². The first-order valence-corrected chi connectivity index (χ1v) is 8.84. The van der Waals surface area contributed by atoms with Gasteiger partial charge in [-0.3, -0.25) is 19.7 Å². The maximum Gasteiger partial charge on any atom is 0.310 e. The predicted molar refractivity (Wildman–Crippen MR) is 105 cm³/mol. The van der Waals surface area contributed by atoms with Crippen molar-refractivity contribution in [2.75, 3.05) is 24.3 Å². The second-order valence-corrected chi connectivity index (χ2v) is 6.35. The zero-order chi connectivity index (χ0) is 20.0. The van der Waals surface area contributed by atoms with Gasteiger partial charge in [-0.05, 0) is 46.6 Å². The SMILES string of the molecule is CCNc1ccc(C(=O)Nc2c(Br)cccc2CC(=O)OC)cc1[N+](=O)[O-]. The summed E-state index contributed by atoms with van der Waals surface area (Å²) < 4.78 is 5.25. The Kier molecular flexibility index (Phi) is 6.89. The van der Waals surface area contributed by atoms with E-state index in [4.69, 9.17) is 0 Å². The number of carbonyl (C=O) groups is 2. The lowest BCUT2D eigenvalue weighted by Gasteiger charge is -2.13. The number of nitrogens with zero attached hydrogens (tertiary/aromatic N) is 1. The van der Waals surface area contributed by atoms with Gasteiger partial charge in [0.25, 0.3) is 11.6 Å². The summed E-state index contributed by atoms with van der Waals surface area (Å²) in [5.41, 5.74) is 1.25. The van der Waals surface area contributed by atoms with Crippen LogP contribution in [0.5, 0.6) is 0 Å². The zero-order valence-electron chi connectivity index (χ0n) is 14.7. The Bertz CT molecular complexity index is 885. The van der Waals surface area contributed by atoms with E-state index in [9.17, 15) is 19.7 Å². The molecule has 0 bridgehead atoms. The third-order valence-corrected chi connectivity index (χ3v) is 4.39. The van der Waals surface area contributed by atoms with Crippen LogP contribution in [0.2, 0.25) is 0 Å². The van der Waals surface area contributed by atoms with Crippen molar-refractivity contribution in [3.8, 4) is 0 Å². The van der Waals surface area contributed by atoms with Gasteiger partial charge in [-0.1, -0.05) is 12.1 Å². The van der Waals surface area contributed by atoms with Crippen LogP contribution in [-0.2, 0) is 16.0 Å². The second kappa shape index (κ2) is 9.13. The van der Waals surface area contributed by atoms with Crippen LogP contribution in [-0.4, -0.2) is 30.5 Å². The number of para-hydroxylation sites is 1. The van der Waals surface area contributed by atoms with Crippen molar-refractivity contribution in [2.45, 2.75) is 13.3 Å². The second-order valence-electron chi connectivity index (χ2n) is 5.50. The standard InChI is InChI=1S/C18H18BrN3O5/c1-3-20-14-8-7-12(9-15(14)22(25)26)18(24)21-17-11(10-16(23)27-2)5-4-6-13(17)19/h4-9,20H,3,10H2,1-2H3,(H,21,24). The predicted octanol–water partition coefficient (Wildman–Crippen LogP) is 3.76. The number of nitrogens with one attached hydrogen (secondary N) is 2. The molecule has 1 amide bonds. The number of hydrogen-bond acceptors (Lipinski definition) is 6. The number of hydrogen-bond donors (Lipinski definition) is 2. The summed E-state index contributed by atoms with van der Waals surface area (Å²) in [6.45, 7) is 2.33. The van der Waals surface area contributed by atoms with Gasteiger partial charge in [-0.2, -0.15) is 0 Å². The van der Waals surface area contributed by atoms with Crippen molar-refractivity contribution in [2.24, 2.45) is 0 Å². The minimum atomic E-state index is -0.546. The van der Waals surface area contributed by atoms with E-state index in [2.05, 4.69) is 31.3 Å². The van der Waals surface area contributed by atoms with Gasteiger partial charge in [-0.15, -0.1) is 0 Å². The molecule has 0 aliphatic heterocycles. The van der Waals surface area contributed by atoms with E-state index in [1.807, 2.05) is 6.92 Å². The normalized spacial score (nSPS) is 10.2. The Balaban J connectivity index is 2.34. The fourth-order valence-corrected chi connectivity index (χ4v) is 2.94. The third kappa shape index (κ3) is 5.04. The van der Waals surface area contributed by atoms with Gasteiger partial charge in [0.2, 0.25) is 0 Å². The van der Waals surface area contributed by atoms with Gasteiger partial charge in [0.15, 0.2) is 0 Å². The molecule has 0 radical (unpaired) electrons. The Hall–Kier alpha value is -2.94. The summed E-state index contributed by atoms with van der Waals surface area (Å²) in [6.07, 6.45) is -0.0228. The number of ether oxygens (including phenoxy) is 1. The number of esters is 1. The Labute approximate surface area is 164 Å². The monoisotopic (exact) mass is 435 g/mol. The van der Waals surface area contributed by atoms with Crippen molar-refractivity contribution in [1.29, 1.82) is 0 Å². The number of rotatable bonds is 7. The lowest BCUT2D eigenvalue weighted by Crippen LogP contribution is -2.16. The Morgan fingerprint density at radius 2 is 2.00 bits per heavy atom. The number of methoxy groups -OCH3 is 1. The van der Waals surface area contributed by atoms with E-state index in [1.165, 1.54) is 25.3 Å². The number of benzene rings is 2. The molecule has 0 aromatic heterocycles. The zero-order valence-corrected chi connectivity index (χ0v) is 16.3. The fourth-order valence-electron chi connectivity index (χ4n) is 2.43. The molecule has 0 atom stereocenters. The number of nitro benzene ring substituents is 1. The molecular weight excluding hydrogens is 418 g/mol. The topological polar surface area (TPSA) is 111 Å². The highest BCUT2D eigenvalue weighted by Crippen LogP contribution is 2.29. The number of nitro groups is 1. The fraction of sp³-hybridized carbons (Fsp3) is 0.222. The summed E-state index contributed by atoms with van der Waals surface area (Å²) in [5.74, 6) is -0.978. The highest BCUT2D eigenvalue weighted by atomic mass is 79.9. The van der Waals surface area contributed by atoms with Gasteiger partial charge >= 0.3 is 5.97 Å². The van der Waals surface area contributed by atoms with Crippen LogP contribution in [0.25, 0.3) is 0 Å². The van der Waals surface area contributed by atoms with Crippen LogP contribution in [0.4, 0.5) is 17.1 Å². The summed E-state index contributed by atoms with van der Waals surface area (Å²) in [5, 5.41) is 16.9. The highest BCUT2D eigenvalue weighted by Gasteiger charge is 2.19. The minimum Gasteiger partial charge on any atom is -0.469 e. The molecule has 0 saturated heterocycles. The Morgan fingerprint density at radius 3 is 2.63 bits per heavy atom. The van der Waals surface area contributed by atoms with Gasteiger partial charge in [0.1, 0.15) is 5.69 Å². The number of anilines is 2. The van der Waals surface area contributed by atoms with Gasteiger partial charge in [-0.25, -0.2) is 0 Å². The van der Waals surface area contributed by atoms with Crippen molar-refractivity contribution >= 4 is 44.9 Å². The first-order chi connectivity index (χ1) is 12.9. The summed E-state index contributed by atoms with van der Waals surface area (Å²) >= 11 is 3.34. The quantitative estimate of drug-likeness (QED) is 0.389. The molecule has 142 valence electrons. The average Bonchev–Trinajstić information content (AvgIpc) is 2.64. The van der Waals surface area contributed by atoms with E-state index in [0.717, 1.165) is 0 Å². The molecular formula is C18H18BrN3O5. The molecule has 0 saturated carbocycles. The van der Waals surface area contributed by atoms with E-state index >= 15 is 0 Å². The molecule has 0 aliphatic rings. The molecule has 2 aromatic carbocycles. The summed E-state index contributed by atoms with van der Waals surface area (Å²) in [6, 6.07) is 9.34. The third-order valence-electron chi connectivity index (χ3n) is 3.72. The minimum absolute atomic E-state index is 0.0228. The van der Waals surface area contributed by atoms with E-state index in [1.54, 1.807) is 18.2 Å². The average molecular weight is 436 g/mol. The number of halogens is 1. The first kappa shape index (κ1) is 20.4. The molecule has 8 nitrogen and oxygen atoms in total. The van der Waals surface area contributed by atoms with Gasteiger partial charge in [0.05, 0.1) is 24.1 Å². The van der Waals surface area contributed by atoms with Crippen LogP contribution < -0.4 is 10.6 Å².